The van der Waals surface area contributed by atoms with Crippen molar-refractivity contribution in [3.05, 3.63) is 40.0 Å². The van der Waals surface area contributed by atoms with Crippen LogP contribution in [0.5, 0.6) is 0 Å². The van der Waals surface area contributed by atoms with Gasteiger partial charge in [0.15, 0.2) is 0 Å². The number of ether oxygens (including phenoxy) is 1. The van der Waals surface area contributed by atoms with Crippen molar-refractivity contribution in [1.82, 2.24) is 4.98 Å². The van der Waals surface area contributed by atoms with E-state index in [-0.39, 0.29) is 27.1 Å². The Morgan fingerprint density at radius 3 is 2.72 bits per heavy atom. The lowest BCUT2D eigenvalue weighted by atomic mass is 10.1. The van der Waals surface area contributed by atoms with Crippen LogP contribution in [0.3, 0.4) is 0 Å². The Morgan fingerprint density at radius 1 is 1.44 bits per heavy atom. The molecule has 0 aliphatic carbocycles. The van der Waals surface area contributed by atoms with E-state index in [1.807, 2.05) is 0 Å². The number of halogens is 3. The molecule has 0 unspecified atom stereocenters. The molecule has 1 aromatic carbocycles. The van der Waals surface area contributed by atoms with E-state index in [1.165, 1.54) is 6.92 Å². The fraction of sp³-hybridized carbons (Fsp3) is 0.167. The normalized spacial score (nSPS) is 10.7. The Balaban J connectivity index is 2.89. The molecule has 0 aliphatic heterocycles. The Kier molecular flexibility index (Phi) is 3.17. The Bertz CT molecular complexity index is 658. The zero-order valence-corrected chi connectivity index (χ0v) is 10.3. The molecule has 0 radical (unpaired) electrons. The first-order valence-corrected chi connectivity index (χ1v) is 5.36. The highest BCUT2D eigenvalue weighted by molar-refractivity contribution is 6.38. The van der Waals surface area contributed by atoms with Crippen LogP contribution >= 0.6 is 11.6 Å². The van der Waals surface area contributed by atoms with E-state index in [2.05, 4.69) is 9.72 Å². The lowest BCUT2D eigenvalue weighted by molar-refractivity contribution is 0.0600. The number of pyridine rings is 1. The molecule has 2 rings (SSSR count). The zero-order chi connectivity index (χ0) is 13.4. The maximum absolute atomic E-state index is 13.9. The number of aryl methyl sites for hydroxylation is 1. The monoisotopic (exact) mass is 271 g/mol. The molecule has 1 aromatic heterocycles. The van der Waals surface area contributed by atoms with Crippen molar-refractivity contribution in [2.45, 2.75) is 6.92 Å². The second-order valence-corrected chi connectivity index (χ2v) is 4.07. The Labute approximate surface area is 106 Å². The quantitative estimate of drug-likeness (QED) is 0.747. The molecule has 0 amide bonds. The number of hydrogen-bond acceptors (Lipinski definition) is 3. The number of benzene rings is 1. The molecule has 1 heterocycles. The first kappa shape index (κ1) is 12.7. The van der Waals surface area contributed by atoms with E-state index in [1.54, 1.807) is 0 Å². The summed E-state index contributed by atoms with van der Waals surface area (Å²) in [5, 5.41) is -0.413. The average Bonchev–Trinajstić information content (AvgIpc) is 2.35. The summed E-state index contributed by atoms with van der Waals surface area (Å²) in [6, 6.07) is 1.03. The van der Waals surface area contributed by atoms with Crippen LogP contribution in [0.1, 0.15) is 15.9 Å². The summed E-state index contributed by atoms with van der Waals surface area (Å²) < 4.78 is 32.0. The summed E-state index contributed by atoms with van der Waals surface area (Å²) in [7, 11) is 1.16. The van der Waals surface area contributed by atoms with Crippen molar-refractivity contribution >= 4 is 28.5 Å². The minimum atomic E-state index is -0.754. The van der Waals surface area contributed by atoms with Gasteiger partial charge in [0.05, 0.1) is 23.1 Å². The number of rotatable bonds is 1. The number of esters is 1. The summed E-state index contributed by atoms with van der Waals surface area (Å²) in [6.45, 7) is 1.40. The number of aromatic nitrogens is 1. The fourth-order valence-corrected chi connectivity index (χ4v) is 1.94. The van der Waals surface area contributed by atoms with Crippen LogP contribution in [0.15, 0.2) is 12.3 Å². The fourth-order valence-electron chi connectivity index (χ4n) is 1.64. The highest BCUT2D eigenvalue weighted by Crippen LogP contribution is 2.31. The molecule has 0 aliphatic rings. The highest BCUT2D eigenvalue weighted by Gasteiger charge is 2.20. The number of carbonyl (C=O) groups is 1. The molecule has 0 fully saturated rings. The van der Waals surface area contributed by atoms with Gasteiger partial charge in [-0.1, -0.05) is 11.6 Å². The number of hydrogen-bond donors (Lipinski definition) is 0. The predicted octanol–water partition coefficient (Wildman–Crippen LogP) is 3.26. The first-order chi connectivity index (χ1) is 8.47. The number of nitrogens with zero attached hydrogens (tertiary/aromatic N) is 1. The Hall–Kier alpha value is -1.75. The zero-order valence-electron chi connectivity index (χ0n) is 9.55. The molecule has 0 atom stereocenters. The van der Waals surface area contributed by atoms with Crippen molar-refractivity contribution in [1.29, 1.82) is 0 Å². The molecule has 0 spiro atoms. The molecule has 0 saturated heterocycles. The lowest BCUT2D eigenvalue weighted by Crippen LogP contribution is -2.05. The van der Waals surface area contributed by atoms with E-state index in [4.69, 9.17) is 11.6 Å². The molecule has 18 heavy (non-hydrogen) atoms. The highest BCUT2D eigenvalue weighted by atomic mass is 35.5. The molecular formula is C12H8ClF2NO2. The summed E-state index contributed by atoms with van der Waals surface area (Å²) in [5.74, 6) is -2.15. The Morgan fingerprint density at radius 2 is 2.11 bits per heavy atom. The summed E-state index contributed by atoms with van der Waals surface area (Å²) in [5.41, 5.74) is -0.225. The molecular weight excluding hydrogens is 264 g/mol. The van der Waals surface area contributed by atoms with Gasteiger partial charge in [-0.15, -0.1) is 0 Å². The van der Waals surface area contributed by atoms with Crippen LogP contribution in [0.2, 0.25) is 5.02 Å². The van der Waals surface area contributed by atoms with Gasteiger partial charge in [-0.05, 0) is 18.6 Å². The topological polar surface area (TPSA) is 39.2 Å². The van der Waals surface area contributed by atoms with E-state index >= 15 is 0 Å². The molecule has 2 aromatic rings. The molecule has 0 bridgehead atoms. The van der Waals surface area contributed by atoms with E-state index in [0.717, 1.165) is 19.4 Å². The standard InChI is InChI=1S/C12H8ClF2NO2/c1-5-3-7(14)11-8(10(5)15)9(13)6(4-16-11)12(17)18-2/h3-4H,1-2H3. The second-order valence-electron chi connectivity index (χ2n) is 3.69. The van der Waals surface area contributed by atoms with Gasteiger partial charge in [0.2, 0.25) is 0 Å². The lowest BCUT2D eigenvalue weighted by Gasteiger charge is -2.08. The average molecular weight is 272 g/mol. The third-order valence-corrected chi connectivity index (χ3v) is 2.95. The minimum absolute atomic E-state index is 0.0886. The predicted molar refractivity (Wildman–Crippen MR) is 62.7 cm³/mol. The van der Waals surface area contributed by atoms with Gasteiger partial charge < -0.3 is 4.74 Å². The van der Waals surface area contributed by atoms with Gasteiger partial charge in [-0.25, -0.2) is 13.6 Å². The SMILES string of the molecule is COC(=O)c1cnc2c(F)cc(C)c(F)c2c1Cl. The van der Waals surface area contributed by atoms with Crippen LogP contribution in [0.25, 0.3) is 10.9 Å². The van der Waals surface area contributed by atoms with Crippen molar-refractivity contribution in [3.63, 3.8) is 0 Å². The van der Waals surface area contributed by atoms with Gasteiger partial charge >= 0.3 is 5.97 Å². The van der Waals surface area contributed by atoms with Crippen LogP contribution in [-0.2, 0) is 4.74 Å². The van der Waals surface area contributed by atoms with E-state index < -0.39 is 17.6 Å². The molecule has 0 saturated carbocycles. The van der Waals surface area contributed by atoms with Gasteiger partial charge in [0.25, 0.3) is 0 Å². The van der Waals surface area contributed by atoms with Crippen molar-refractivity contribution in [3.8, 4) is 0 Å². The van der Waals surface area contributed by atoms with Crippen LogP contribution in [-0.4, -0.2) is 18.1 Å². The van der Waals surface area contributed by atoms with Crippen LogP contribution < -0.4 is 0 Å². The van der Waals surface area contributed by atoms with Gasteiger partial charge in [0, 0.05) is 6.20 Å². The van der Waals surface area contributed by atoms with E-state index in [0.29, 0.717) is 0 Å². The number of methoxy groups -OCH3 is 1. The molecule has 3 nitrogen and oxygen atoms in total. The van der Waals surface area contributed by atoms with Crippen LogP contribution in [0, 0.1) is 18.6 Å². The second kappa shape index (κ2) is 4.49. The first-order valence-electron chi connectivity index (χ1n) is 4.98. The summed E-state index contributed by atoms with van der Waals surface area (Å²) in [6.07, 6.45) is 1.06. The maximum atomic E-state index is 13.9. The van der Waals surface area contributed by atoms with Crippen molar-refractivity contribution in [2.24, 2.45) is 0 Å². The molecule has 94 valence electrons. The van der Waals surface area contributed by atoms with Gasteiger partial charge in [0.1, 0.15) is 17.2 Å². The van der Waals surface area contributed by atoms with Gasteiger partial charge in [-0.3, -0.25) is 4.98 Å². The number of carbonyl (C=O) groups excluding carboxylic acids is 1. The van der Waals surface area contributed by atoms with Gasteiger partial charge in [-0.2, -0.15) is 0 Å². The largest absolute Gasteiger partial charge is 0.465 e. The summed E-state index contributed by atoms with van der Waals surface area (Å²) >= 11 is 5.92. The van der Waals surface area contributed by atoms with Crippen molar-refractivity contribution in [2.75, 3.05) is 7.11 Å². The smallest absolute Gasteiger partial charge is 0.340 e. The third-order valence-electron chi connectivity index (χ3n) is 2.56. The number of fused-ring (bicyclic) bond motifs is 1. The summed E-state index contributed by atoms with van der Waals surface area (Å²) in [4.78, 5) is 15.1. The third kappa shape index (κ3) is 1.80. The molecule has 6 heteroatoms. The molecule has 0 N–H and O–H groups in total. The van der Waals surface area contributed by atoms with Crippen molar-refractivity contribution < 1.29 is 18.3 Å². The van der Waals surface area contributed by atoms with Crippen LogP contribution in [0.4, 0.5) is 8.78 Å². The minimum Gasteiger partial charge on any atom is -0.465 e. The maximum Gasteiger partial charge on any atom is 0.340 e. The van der Waals surface area contributed by atoms with E-state index in [9.17, 15) is 13.6 Å².